The Hall–Kier alpha value is -4.13. The number of carbonyl (C=O) groups excluding carboxylic acids is 4. The summed E-state index contributed by atoms with van der Waals surface area (Å²) in [6.45, 7) is 12.9. The van der Waals surface area contributed by atoms with Gasteiger partial charge in [0.1, 0.15) is 23.7 Å². The molecule has 5 amide bonds. The number of alkyl carbamates (subject to hydrolysis) is 1. The molecule has 1 rings (SSSR count). The molecular formula is C30H48N6O7. The molecule has 0 fully saturated rings. The van der Waals surface area contributed by atoms with Crippen molar-refractivity contribution in [2.75, 3.05) is 25.5 Å². The number of benzene rings is 1. The normalized spacial score (nSPS) is 13.8. The SMILES string of the molecule is CC(C)[C@H](NC(=O)OC(C)(C)C)C(=O)N[C@@H](/C=C/CNC(N)=O)C(=O)Nc1ccc(CCN(C)[C@H](C(=O)O)C(C)C)cc1. The minimum atomic E-state index is -1.15. The third kappa shape index (κ3) is 14.1. The van der Waals surface area contributed by atoms with Crippen LogP contribution in [0.15, 0.2) is 36.4 Å². The van der Waals surface area contributed by atoms with Gasteiger partial charge in [0, 0.05) is 18.8 Å². The number of amides is 5. The summed E-state index contributed by atoms with van der Waals surface area (Å²) in [5.74, 6) is -2.39. The van der Waals surface area contributed by atoms with Crippen molar-refractivity contribution in [2.24, 2.45) is 17.6 Å². The zero-order valence-electron chi connectivity index (χ0n) is 26.4. The molecule has 0 bridgehead atoms. The van der Waals surface area contributed by atoms with E-state index in [4.69, 9.17) is 10.5 Å². The molecule has 0 aliphatic rings. The molecule has 0 unspecified atom stereocenters. The molecular weight excluding hydrogens is 556 g/mol. The largest absolute Gasteiger partial charge is 0.480 e. The van der Waals surface area contributed by atoms with Crippen molar-refractivity contribution in [3.63, 3.8) is 0 Å². The van der Waals surface area contributed by atoms with Gasteiger partial charge in [-0.05, 0) is 63.8 Å². The minimum Gasteiger partial charge on any atom is -0.480 e. The van der Waals surface area contributed by atoms with Gasteiger partial charge < -0.3 is 36.8 Å². The molecule has 3 atom stereocenters. The van der Waals surface area contributed by atoms with Gasteiger partial charge in [-0.3, -0.25) is 19.3 Å². The van der Waals surface area contributed by atoms with E-state index in [9.17, 15) is 29.1 Å². The Bertz CT molecular complexity index is 1130. The number of urea groups is 1. The van der Waals surface area contributed by atoms with Crippen LogP contribution in [0.3, 0.4) is 0 Å². The number of ether oxygens (including phenoxy) is 1. The molecule has 1 aromatic rings. The van der Waals surface area contributed by atoms with E-state index >= 15 is 0 Å². The average molecular weight is 605 g/mol. The zero-order valence-corrected chi connectivity index (χ0v) is 26.4. The van der Waals surface area contributed by atoms with Gasteiger partial charge in [0.15, 0.2) is 0 Å². The fourth-order valence-corrected chi connectivity index (χ4v) is 4.18. The molecule has 43 heavy (non-hydrogen) atoms. The third-order valence-electron chi connectivity index (χ3n) is 6.26. The molecule has 13 nitrogen and oxygen atoms in total. The van der Waals surface area contributed by atoms with Crippen LogP contribution in [-0.2, 0) is 25.5 Å². The number of hydrogen-bond donors (Lipinski definition) is 6. The van der Waals surface area contributed by atoms with Crippen LogP contribution in [0, 0.1) is 11.8 Å². The molecule has 0 saturated carbocycles. The van der Waals surface area contributed by atoms with Gasteiger partial charge >= 0.3 is 18.1 Å². The van der Waals surface area contributed by atoms with Gasteiger partial charge in [-0.15, -0.1) is 0 Å². The molecule has 0 saturated heterocycles. The molecule has 7 N–H and O–H groups in total. The Morgan fingerprint density at radius 3 is 2.07 bits per heavy atom. The number of nitrogens with two attached hydrogens (primary N) is 1. The lowest BCUT2D eigenvalue weighted by molar-refractivity contribution is -0.144. The van der Waals surface area contributed by atoms with E-state index in [-0.39, 0.29) is 18.4 Å². The molecule has 0 aromatic heterocycles. The first-order valence-electron chi connectivity index (χ1n) is 14.2. The molecule has 0 aliphatic carbocycles. The second-order valence-corrected chi connectivity index (χ2v) is 12.0. The van der Waals surface area contributed by atoms with Crippen LogP contribution < -0.4 is 27.0 Å². The standard InChI is InChI=1S/C30H48N6O7/c1-18(2)23(35-29(42)43-30(5,6)7)26(38)34-22(10-9-16-32-28(31)41)25(37)33-21-13-11-20(12-14-21)15-17-36(8)24(19(3)4)27(39)40/h9-14,18-19,22-24H,15-17H2,1-8H3,(H,33,37)(H,34,38)(H,35,42)(H,39,40)(H3,31,32,41)/b10-9+/t22-,23-,24-/m0/s1. The Morgan fingerprint density at radius 1 is 0.977 bits per heavy atom. The topological polar surface area (TPSA) is 192 Å². The Labute approximate surface area is 254 Å². The van der Waals surface area contributed by atoms with Gasteiger partial charge in [0.25, 0.3) is 5.91 Å². The van der Waals surface area contributed by atoms with E-state index in [1.165, 1.54) is 12.2 Å². The van der Waals surface area contributed by atoms with Crippen molar-refractivity contribution in [1.82, 2.24) is 20.9 Å². The van der Waals surface area contributed by atoms with Crippen LogP contribution in [0.4, 0.5) is 15.3 Å². The minimum absolute atomic E-state index is 0.0292. The summed E-state index contributed by atoms with van der Waals surface area (Å²) in [7, 11) is 1.78. The van der Waals surface area contributed by atoms with Gasteiger partial charge in [0.05, 0.1) is 0 Å². The summed E-state index contributed by atoms with van der Waals surface area (Å²) in [6, 6.07) is 3.60. The van der Waals surface area contributed by atoms with Crippen molar-refractivity contribution >= 4 is 35.6 Å². The number of carbonyl (C=O) groups is 5. The van der Waals surface area contributed by atoms with Gasteiger partial charge in [0.2, 0.25) is 5.91 Å². The maximum absolute atomic E-state index is 13.2. The zero-order chi connectivity index (χ0) is 32.9. The quantitative estimate of drug-likeness (QED) is 0.164. The van der Waals surface area contributed by atoms with Gasteiger partial charge in [-0.1, -0.05) is 52.0 Å². The van der Waals surface area contributed by atoms with Crippen LogP contribution in [0.1, 0.15) is 54.0 Å². The van der Waals surface area contributed by atoms with Gasteiger partial charge in [-0.25, -0.2) is 9.59 Å². The molecule has 240 valence electrons. The van der Waals surface area contributed by atoms with E-state index < -0.39 is 53.6 Å². The van der Waals surface area contributed by atoms with Crippen LogP contribution >= 0.6 is 0 Å². The van der Waals surface area contributed by atoms with E-state index in [0.29, 0.717) is 18.7 Å². The molecule has 0 heterocycles. The van der Waals surface area contributed by atoms with Crippen molar-refractivity contribution < 1.29 is 33.8 Å². The second-order valence-electron chi connectivity index (χ2n) is 12.0. The van der Waals surface area contributed by atoms with E-state index in [1.54, 1.807) is 58.7 Å². The Morgan fingerprint density at radius 2 is 1.58 bits per heavy atom. The first-order chi connectivity index (χ1) is 19.9. The molecule has 0 aliphatic heterocycles. The lowest BCUT2D eigenvalue weighted by atomic mass is 10.0. The number of carboxylic acid groups (broad SMARTS) is 1. The maximum Gasteiger partial charge on any atom is 0.408 e. The third-order valence-corrected chi connectivity index (χ3v) is 6.26. The number of anilines is 1. The van der Waals surface area contributed by atoms with Crippen LogP contribution in [-0.4, -0.2) is 83.8 Å². The highest BCUT2D eigenvalue weighted by atomic mass is 16.6. The molecule has 0 radical (unpaired) electrons. The molecule has 0 spiro atoms. The summed E-state index contributed by atoms with van der Waals surface area (Å²) in [5, 5.41) is 19.8. The number of carboxylic acids is 1. The Kier molecular flexibility index (Phi) is 14.7. The number of rotatable bonds is 15. The smallest absolute Gasteiger partial charge is 0.408 e. The van der Waals surface area contributed by atoms with E-state index in [1.807, 2.05) is 26.0 Å². The van der Waals surface area contributed by atoms with Crippen molar-refractivity contribution in [3.8, 4) is 0 Å². The fraction of sp³-hybridized carbons (Fsp3) is 0.567. The van der Waals surface area contributed by atoms with Crippen molar-refractivity contribution in [3.05, 3.63) is 42.0 Å². The lowest BCUT2D eigenvalue weighted by Gasteiger charge is -2.27. The van der Waals surface area contributed by atoms with Crippen molar-refractivity contribution in [1.29, 1.82) is 0 Å². The fourth-order valence-electron chi connectivity index (χ4n) is 4.18. The number of nitrogens with zero attached hydrogens (tertiary/aromatic N) is 1. The predicted octanol–water partition coefficient (Wildman–Crippen LogP) is 2.47. The predicted molar refractivity (Wildman–Crippen MR) is 164 cm³/mol. The maximum atomic E-state index is 13.2. The van der Waals surface area contributed by atoms with Crippen LogP contribution in [0.2, 0.25) is 0 Å². The number of primary amides is 1. The van der Waals surface area contributed by atoms with Crippen molar-refractivity contribution in [2.45, 2.75) is 78.6 Å². The summed E-state index contributed by atoms with van der Waals surface area (Å²) < 4.78 is 5.27. The molecule has 13 heteroatoms. The number of hydrogen-bond acceptors (Lipinski definition) is 7. The highest BCUT2D eigenvalue weighted by molar-refractivity contribution is 5.99. The molecule has 1 aromatic carbocycles. The first-order valence-corrected chi connectivity index (χ1v) is 14.2. The number of likely N-dealkylation sites (N-methyl/N-ethyl adjacent to an activating group) is 1. The number of aliphatic carboxylic acids is 1. The van der Waals surface area contributed by atoms with Gasteiger partial charge in [-0.2, -0.15) is 0 Å². The monoisotopic (exact) mass is 604 g/mol. The number of nitrogens with one attached hydrogen (secondary N) is 4. The van der Waals surface area contributed by atoms with E-state index in [2.05, 4.69) is 21.3 Å². The summed E-state index contributed by atoms with van der Waals surface area (Å²) in [5.41, 5.74) is 5.76. The highest BCUT2D eigenvalue weighted by Crippen LogP contribution is 2.14. The lowest BCUT2D eigenvalue weighted by Crippen LogP contribution is -2.54. The highest BCUT2D eigenvalue weighted by Gasteiger charge is 2.30. The Balaban J connectivity index is 2.99. The van der Waals surface area contributed by atoms with E-state index in [0.717, 1.165) is 5.56 Å². The second kappa shape index (κ2) is 17.1. The first kappa shape index (κ1) is 36.9. The van der Waals surface area contributed by atoms with Crippen LogP contribution in [0.5, 0.6) is 0 Å². The summed E-state index contributed by atoms with van der Waals surface area (Å²) in [6.07, 6.45) is 2.72. The van der Waals surface area contributed by atoms with Crippen LogP contribution in [0.25, 0.3) is 0 Å². The average Bonchev–Trinajstić information content (AvgIpc) is 2.86. The summed E-state index contributed by atoms with van der Waals surface area (Å²) in [4.78, 5) is 63.1. The summed E-state index contributed by atoms with van der Waals surface area (Å²) >= 11 is 0.